The number of para-hydroxylation sites is 2. The van der Waals surface area contributed by atoms with Crippen LogP contribution < -0.4 is 4.90 Å². The first kappa shape index (κ1) is 36.9. The van der Waals surface area contributed by atoms with Gasteiger partial charge in [0.25, 0.3) is 0 Å². The third-order valence-corrected chi connectivity index (χ3v) is 13.1. The minimum atomic E-state index is 0.199. The molecular weight excluding hydrogens is 763 g/mol. The van der Waals surface area contributed by atoms with Crippen LogP contribution in [0.1, 0.15) is 29.0 Å². The van der Waals surface area contributed by atoms with Gasteiger partial charge < -0.3 is 9.32 Å². The Kier molecular flexibility index (Phi) is 9.08. The summed E-state index contributed by atoms with van der Waals surface area (Å²) in [6, 6.07) is 84.0. The monoisotopic (exact) mass is 805 g/mol. The predicted molar refractivity (Wildman–Crippen MR) is 264 cm³/mol. The van der Waals surface area contributed by atoms with Crippen LogP contribution in [0.2, 0.25) is 0 Å². The zero-order valence-electron chi connectivity index (χ0n) is 34.8. The first-order valence-electron chi connectivity index (χ1n) is 22.0. The largest absolute Gasteiger partial charge is 0.456 e. The van der Waals surface area contributed by atoms with Crippen molar-refractivity contribution in [3.63, 3.8) is 0 Å². The van der Waals surface area contributed by atoms with Crippen LogP contribution in [-0.2, 0) is 6.42 Å². The molecule has 10 aromatic carbocycles. The average molecular weight is 806 g/mol. The summed E-state index contributed by atoms with van der Waals surface area (Å²) in [5.41, 5.74) is 19.1. The van der Waals surface area contributed by atoms with Gasteiger partial charge in [0.15, 0.2) is 0 Å². The van der Waals surface area contributed by atoms with E-state index in [1.165, 1.54) is 77.4 Å². The first-order chi connectivity index (χ1) is 31.2. The maximum Gasteiger partial charge on any atom is 0.136 e. The summed E-state index contributed by atoms with van der Waals surface area (Å²) < 4.78 is 6.68. The lowest BCUT2D eigenvalue weighted by Crippen LogP contribution is -2.11. The molecule has 1 heterocycles. The molecule has 0 amide bonds. The Labute approximate surface area is 368 Å². The maximum atomic E-state index is 6.68. The number of fused-ring (bicyclic) bond motifs is 7. The third-order valence-electron chi connectivity index (χ3n) is 13.1. The van der Waals surface area contributed by atoms with Crippen molar-refractivity contribution in [3.8, 4) is 44.5 Å². The number of rotatable bonds is 7. The van der Waals surface area contributed by atoms with Gasteiger partial charge in [-0.25, -0.2) is 0 Å². The molecule has 0 saturated heterocycles. The SMILES string of the molecule is c1ccc(-c2ccc(N(c3ccc(C4CCc5cc6oc7ccccc7c6c(-c6ccc7ccccc7c6)c5-c5ccccc54)cc3)c3ccccc3-c3ccccc3)cc2)cc1. The van der Waals surface area contributed by atoms with Crippen LogP contribution in [0.4, 0.5) is 17.1 Å². The van der Waals surface area contributed by atoms with Crippen LogP contribution in [-0.4, -0.2) is 0 Å². The quantitative estimate of drug-likeness (QED) is 0.160. The van der Waals surface area contributed by atoms with E-state index in [1.807, 2.05) is 0 Å². The van der Waals surface area contributed by atoms with Crippen LogP contribution >= 0.6 is 0 Å². The normalized spacial score (nSPS) is 13.4. The summed E-state index contributed by atoms with van der Waals surface area (Å²) in [4.78, 5) is 2.41. The zero-order valence-corrected chi connectivity index (χ0v) is 34.8. The molecule has 0 spiro atoms. The van der Waals surface area contributed by atoms with E-state index in [-0.39, 0.29) is 5.92 Å². The topological polar surface area (TPSA) is 16.4 Å². The fourth-order valence-electron chi connectivity index (χ4n) is 10.2. The number of aryl methyl sites for hydroxylation is 1. The molecule has 11 aromatic rings. The molecule has 1 aliphatic carbocycles. The average Bonchev–Trinajstić information content (AvgIpc) is 3.64. The molecule has 1 aliphatic rings. The Hall–Kier alpha value is -7.94. The molecule has 2 nitrogen and oxygen atoms in total. The minimum Gasteiger partial charge on any atom is -0.456 e. The summed E-state index contributed by atoms with van der Waals surface area (Å²) in [6.07, 6.45) is 1.90. The number of hydrogen-bond acceptors (Lipinski definition) is 2. The van der Waals surface area contributed by atoms with Crippen LogP contribution in [0, 0.1) is 0 Å². The van der Waals surface area contributed by atoms with Crippen LogP contribution in [0.25, 0.3) is 77.2 Å². The van der Waals surface area contributed by atoms with Gasteiger partial charge in [-0.3, -0.25) is 0 Å². The second kappa shape index (κ2) is 15.5. The second-order valence-electron chi connectivity index (χ2n) is 16.7. The summed E-state index contributed by atoms with van der Waals surface area (Å²) in [7, 11) is 0. The lowest BCUT2D eigenvalue weighted by atomic mass is 9.83. The van der Waals surface area contributed by atoms with Crippen molar-refractivity contribution in [1.29, 1.82) is 0 Å². The van der Waals surface area contributed by atoms with E-state index < -0.39 is 0 Å². The van der Waals surface area contributed by atoms with Crippen LogP contribution in [0.5, 0.6) is 0 Å². The highest BCUT2D eigenvalue weighted by molar-refractivity contribution is 6.17. The zero-order chi connectivity index (χ0) is 41.7. The second-order valence-corrected chi connectivity index (χ2v) is 16.7. The van der Waals surface area contributed by atoms with E-state index in [0.717, 1.165) is 46.5 Å². The number of hydrogen-bond donors (Lipinski definition) is 0. The van der Waals surface area contributed by atoms with Crippen LogP contribution in [0.15, 0.2) is 235 Å². The van der Waals surface area contributed by atoms with Gasteiger partial charge in [0.1, 0.15) is 11.2 Å². The van der Waals surface area contributed by atoms with Crippen LogP contribution in [0.3, 0.4) is 0 Å². The molecule has 2 heteroatoms. The van der Waals surface area contributed by atoms with E-state index in [1.54, 1.807) is 0 Å². The molecule has 63 heavy (non-hydrogen) atoms. The van der Waals surface area contributed by atoms with Gasteiger partial charge >= 0.3 is 0 Å². The van der Waals surface area contributed by atoms with Gasteiger partial charge in [0.05, 0.1) is 5.69 Å². The molecule has 0 N–H and O–H groups in total. The van der Waals surface area contributed by atoms with Gasteiger partial charge in [-0.05, 0) is 122 Å². The van der Waals surface area contributed by atoms with Crippen molar-refractivity contribution >= 4 is 49.8 Å². The van der Waals surface area contributed by atoms with Crippen molar-refractivity contribution in [2.45, 2.75) is 18.8 Å². The molecule has 1 unspecified atom stereocenters. The van der Waals surface area contributed by atoms with E-state index in [4.69, 9.17) is 4.42 Å². The third kappa shape index (κ3) is 6.51. The highest BCUT2D eigenvalue weighted by Gasteiger charge is 2.29. The molecule has 1 aromatic heterocycles. The van der Waals surface area contributed by atoms with Gasteiger partial charge in [-0.15, -0.1) is 0 Å². The number of nitrogens with zero attached hydrogens (tertiary/aromatic N) is 1. The fourth-order valence-corrected chi connectivity index (χ4v) is 10.2. The Morgan fingerprint density at radius 1 is 0.413 bits per heavy atom. The molecule has 12 rings (SSSR count). The van der Waals surface area contributed by atoms with Gasteiger partial charge in [0, 0.05) is 39.2 Å². The lowest BCUT2D eigenvalue weighted by molar-refractivity contribution is 0.667. The maximum absolute atomic E-state index is 6.68. The molecule has 0 bridgehead atoms. The molecular formula is C61H43NO. The summed E-state index contributed by atoms with van der Waals surface area (Å²) >= 11 is 0. The standard InChI is InChI=1S/C61H43NO/c1-3-15-41(16-4-1)43-29-34-49(35-30-43)62(56-25-13-11-21-52(56)44-18-5-2-6-19-44)50-36-31-45(32-37-50)51-38-33-48-40-58-61(55-24-12-14-26-57(55)63-58)60(59(48)54-23-10-9-22-53(51)54)47-28-27-42-17-7-8-20-46(42)39-47/h1-32,34-37,39-40,51H,33,38H2. The van der Waals surface area contributed by atoms with Crippen molar-refractivity contribution < 1.29 is 4.42 Å². The highest BCUT2D eigenvalue weighted by atomic mass is 16.3. The van der Waals surface area contributed by atoms with Crippen molar-refractivity contribution in [3.05, 3.63) is 247 Å². The molecule has 1 atom stereocenters. The van der Waals surface area contributed by atoms with Gasteiger partial charge in [-0.1, -0.05) is 182 Å². The molecule has 0 radical (unpaired) electrons. The minimum absolute atomic E-state index is 0.199. The van der Waals surface area contributed by atoms with Crippen molar-refractivity contribution in [2.75, 3.05) is 4.90 Å². The van der Waals surface area contributed by atoms with E-state index in [0.29, 0.717) is 0 Å². The van der Waals surface area contributed by atoms with Crippen molar-refractivity contribution in [2.24, 2.45) is 0 Å². The molecule has 0 fully saturated rings. The lowest BCUT2D eigenvalue weighted by Gasteiger charge is -2.28. The van der Waals surface area contributed by atoms with E-state index in [2.05, 4.69) is 235 Å². The summed E-state index contributed by atoms with van der Waals surface area (Å²) in [6.45, 7) is 0. The molecule has 0 aliphatic heterocycles. The molecule has 298 valence electrons. The van der Waals surface area contributed by atoms with Crippen molar-refractivity contribution in [1.82, 2.24) is 0 Å². The Morgan fingerprint density at radius 3 is 1.81 bits per heavy atom. The Morgan fingerprint density at radius 2 is 1.02 bits per heavy atom. The van der Waals surface area contributed by atoms with Gasteiger partial charge in [-0.2, -0.15) is 0 Å². The first-order valence-corrected chi connectivity index (χ1v) is 22.0. The Bertz CT molecular complexity index is 3440. The number of furan rings is 1. The smallest absolute Gasteiger partial charge is 0.136 e. The summed E-state index contributed by atoms with van der Waals surface area (Å²) in [5.74, 6) is 0.199. The van der Waals surface area contributed by atoms with E-state index >= 15 is 0 Å². The van der Waals surface area contributed by atoms with Gasteiger partial charge in [0.2, 0.25) is 0 Å². The highest BCUT2D eigenvalue weighted by Crippen LogP contribution is 2.51. The van der Waals surface area contributed by atoms with E-state index in [9.17, 15) is 0 Å². The number of anilines is 3. The fraction of sp³-hybridized carbons (Fsp3) is 0.0492. The number of benzene rings is 10. The summed E-state index contributed by atoms with van der Waals surface area (Å²) in [5, 5.41) is 4.82. The molecule has 0 saturated carbocycles. The Balaban J connectivity index is 0.990. The predicted octanol–water partition coefficient (Wildman–Crippen LogP) is 17.0.